The maximum Gasteiger partial charge on any atom is 0.0642 e. The Morgan fingerprint density at radius 3 is 2.83 bits per heavy atom. The van der Waals surface area contributed by atoms with Gasteiger partial charge < -0.3 is 15.4 Å². The zero-order valence-electron chi connectivity index (χ0n) is 8.18. The van der Waals surface area contributed by atoms with Crippen LogP contribution in [0.4, 0.5) is 0 Å². The molecular formula is C9H20N2O. The summed E-state index contributed by atoms with van der Waals surface area (Å²) >= 11 is 0. The summed E-state index contributed by atoms with van der Waals surface area (Å²) in [6.45, 7) is 2.96. The topological polar surface area (TPSA) is 38.5 Å². The minimum Gasteiger partial charge on any atom is -0.383 e. The smallest absolute Gasteiger partial charge is 0.0642 e. The van der Waals surface area contributed by atoms with E-state index in [4.69, 9.17) is 10.5 Å². The van der Waals surface area contributed by atoms with Crippen molar-refractivity contribution in [2.45, 2.75) is 24.8 Å². The van der Waals surface area contributed by atoms with Gasteiger partial charge in [0.1, 0.15) is 0 Å². The molecule has 0 aromatic carbocycles. The summed E-state index contributed by atoms with van der Waals surface area (Å²) in [6, 6.07) is 0. The normalized spacial score (nSPS) is 33.2. The highest BCUT2D eigenvalue weighted by Crippen LogP contribution is 2.19. The van der Waals surface area contributed by atoms with Gasteiger partial charge in [-0.25, -0.2) is 0 Å². The third-order valence-electron chi connectivity index (χ3n) is 2.64. The molecule has 1 fully saturated rings. The highest BCUT2D eigenvalue weighted by molar-refractivity contribution is 4.87. The van der Waals surface area contributed by atoms with Gasteiger partial charge >= 0.3 is 0 Å². The van der Waals surface area contributed by atoms with Crippen LogP contribution in [0.2, 0.25) is 0 Å². The molecule has 1 atom stereocenters. The van der Waals surface area contributed by atoms with Crippen LogP contribution in [0.25, 0.3) is 0 Å². The third-order valence-corrected chi connectivity index (χ3v) is 2.64. The Labute approximate surface area is 74.9 Å². The van der Waals surface area contributed by atoms with Crippen molar-refractivity contribution in [2.75, 3.05) is 33.9 Å². The molecular weight excluding hydrogens is 152 g/mol. The van der Waals surface area contributed by atoms with Gasteiger partial charge in [-0.05, 0) is 39.4 Å². The fourth-order valence-corrected chi connectivity index (χ4v) is 1.78. The Hall–Kier alpha value is -0.120. The van der Waals surface area contributed by atoms with E-state index < -0.39 is 0 Å². The number of ether oxygens (including phenoxy) is 1. The summed E-state index contributed by atoms with van der Waals surface area (Å²) in [5, 5.41) is 0. The second-order valence-electron chi connectivity index (χ2n) is 3.95. The van der Waals surface area contributed by atoms with Crippen LogP contribution in [0.1, 0.15) is 19.3 Å². The van der Waals surface area contributed by atoms with Crippen LogP contribution >= 0.6 is 0 Å². The Balaban J connectivity index is 2.43. The van der Waals surface area contributed by atoms with Gasteiger partial charge in [0.25, 0.3) is 0 Å². The molecule has 0 aromatic heterocycles. The van der Waals surface area contributed by atoms with E-state index in [1.54, 1.807) is 7.11 Å². The Bertz CT molecular complexity index is 140. The van der Waals surface area contributed by atoms with Crippen molar-refractivity contribution in [1.29, 1.82) is 0 Å². The van der Waals surface area contributed by atoms with E-state index in [0.29, 0.717) is 6.61 Å². The quantitative estimate of drug-likeness (QED) is 0.657. The largest absolute Gasteiger partial charge is 0.383 e. The van der Waals surface area contributed by atoms with Gasteiger partial charge in [-0.15, -0.1) is 0 Å². The molecule has 0 bridgehead atoms. The van der Waals surface area contributed by atoms with Crippen LogP contribution in [0.5, 0.6) is 0 Å². The first-order chi connectivity index (χ1) is 5.66. The maximum atomic E-state index is 6.18. The molecule has 12 heavy (non-hydrogen) atoms. The van der Waals surface area contributed by atoms with E-state index in [1.807, 2.05) is 0 Å². The van der Waals surface area contributed by atoms with Crippen molar-refractivity contribution in [3.63, 3.8) is 0 Å². The summed E-state index contributed by atoms with van der Waals surface area (Å²) in [7, 11) is 3.88. The van der Waals surface area contributed by atoms with Crippen LogP contribution in [0, 0.1) is 0 Å². The third kappa shape index (κ3) is 2.73. The van der Waals surface area contributed by atoms with E-state index in [0.717, 1.165) is 19.4 Å². The number of methoxy groups -OCH3 is 1. The standard InChI is InChI=1S/C9H20N2O/c1-11-6-3-4-9(10,5-7-11)8-12-2/h3-8,10H2,1-2H3. The van der Waals surface area contributed by atoms with Gasteiger partial charge in [-0.3, -0.25) is 0 Å². The van der Waals surface area contributed by atoms with Gasteiger partial charge in [0.15, 0.2) is 0 Å². The maximum absolute atomic E-state index is 6.18. The highest BCUT2D eigenvalue weighted by atomic mass is 16.5. The van der Waals surface area contributed by atoms with E-state index >= 15 is 0 Å². The lowest BCUT2D eigenvalue weighted by Crippen LogP contribution is -2.44. The van der Waals surface area contributed by atoms with Gasteiger partial charge in [-0.1, -0.05) is 0 Å². The average Bonchev–Trinajstić information content (AvgIpc) is 2.15. The predicted octanol–water partition coefficient (Wildman–Crippen LogP) is 0.446. The first kappa shape index (κ1) is 9.96. The molecule has 1 aliphatic heterocycles. The molecule has 0 aromatic rings. The van der Waals surface area contributed by atoms with E-state index in [2.05, 4.69) is 11.9 Å². The van der Waals surface area contributed by atoms with Gasteiger partial charge in [-0.2, -0.15) is 0 Å². The lowest BCUT2D eigenvalue weighted by molar-refractivity contribution is 0.123. The summed E-state index contributed by atoms with van der Waals surface area (Å²) in [5.74, 6) is 0. The fraction of sp³-hybridized carbons (Fsp3) is 1.00. The summed E-state index contributed by atoms with van der Waals surface area (Å²) < 4.78 is 5.13. The molecule has 1 rings (SSSR count). The molecule has 1 saturated heterocycles. The van der Waals surface area contributed by atoms with Crippen molar-refractivity contribution in [2.24, 2.45) is 5.73 Å². The van der Waals surface area contributed by atoms with E-state index in [1.165, 1.54) is 13.0 Å². The molecule has 72 valence electrons. The van der Waals surface area contributed by atoms with Crippen LogP contribution < -0.4 is 5.73 Å². The summed E-state index contributed by atoms with van der Waals surface area (Å²) in [6.07, 6.45) is 3.33. The molecule has 1 unspecified atom stereocenters. The summed E-state index contributed by atoms with van der Waals surface area (Å²) in [5.41, 5.74) is 6.11. The lowest BCUT2D eigenvalue weighted by Gasteiger charge is -2.26. The van der Waals surface area contributed by atoms with Crippen molar-refractivity contribution < 1.29 is 4.74 Å². The minimum atomic E-state index is -0.0699. The molecule has 0 amide bonds. The monoisotopic (exact) mass is 172 g/mol. The van der Waals surface area contributed by atoms with Gasteiger partial charge in [0.05, 0.1) is 6.61 Å². The summed E-state index contributed by atoms with van der Waals surface area (Å²) in [4.78, 5) is 2.34. The van der Waals surface area contributed by atoms with Crippen molar-refractivity contribution in [1.82, 2.24) is 4.90 Å². The van der Waals surface area contributed by atoms with Crippen molar-refractivity contribution in [3.8, 4) is 0 Å². The van der Waals surface area contributed by atoms with Crippen LogP contribution in [-0.4, -0.2) is 44.3 Å². The molecule has 1 aliphatic rings. The first-order valence-electron chi connectivity index (χ1n) is 4.63. The van der Waals surface area contributed by atoms with Crippen molar-refractivity contribution in [3.05, 3.63) is 0 Å². The molecule has 1 heterocycles. The van der Waals surface area contributed by atoms with Crippen LogP contribution in [0.3, 0.4) is 0 Å². The predicted molar refractivity (Wildman–Crippen MR) is 50.1 cm³/mol. The van der Waals surface area contributed by atoms with Gasteiger partial charge in [0.2, 0.25) is 0 Å². The Morgan fingerprint density at radius 2 is 2.17 bits per heavy atom. The van der Waals surface area contributed by atoms with E-state index in [9.17, 15) is 0 Å². The number of nitrogens with zero attached hydrogens (tertiary/aromatic N) is 1. The molecule has 0 saturated carbocycles. The average molecular weight is 172 g/mol. The van der Waals surface area contributed by atoms with E-state index in [-0.39, 0.29) is 5.54 Å². The molecule has 3 nitrogen and oxygen atoms in total. The van der Waals surface area contributed by atoms with Gasteiger partial charge in [0, 0.05) is 12.6 Å². The minimum absolute atomic E-state index is 0.0699. The first-order valence-corrected chi connectivity index (χ1v) is 4.63. The van der Waals surface area contributed by atoms with Crippen molar-refractivity contribution >= 4 is 0 Å². The number of rotatable bonds is 2. The van der Waals surface area contributed by atoms with Crippen LogP contribution in [0.15, 0.2) is 0 Å². The molecule has 0 radical (unpaired) electrons. The zero-order chi connectivity index (χ0) is 9.03. The Morgan fingerprint density at radius 1 is 1.42 bits per heavy atom. The SMILES string of the molecule is COCC1(N)CCCN(C)CC1. The second kappa shape index (κ2) is 4.21. The number of likely N-dealkylation sites (tertiary alicyclic amines) is 1. The number of hydrogen-bond acceptors (Lipinski definition) is 3. The zero-order valence-corrected chi connectivity index (χ0v) is 8.18. The number of nitrogens with two attached hydrogens (primary N) is 1. The fourth-order valence-electron chi connectivity index (χ4n) is 1.78. The molecule has 0 spiro atoms. The number of hydrogen-bond donors (Lipinski definition) is 1. The van der Waals surface area contributed by atoms with Crippen LogP contribution in [-0.2, 0) is 4.74 Å². The molecule has 3 heteroatoms. The molecule has 0 aliphatic carbocycles. The highest BCUT2D eigenvalue weighted by Gasteiger charge is 2.27. The second-order valence-corrected chi connectivity index (χ2v) is 3.95. The lowest BCUT2D eigenvalue weighted by atomic mass is 9.93. The molecule has 2 N–H and O–H groups in total. The Kier molecular flexibility index (Phi) is 3.50.